The van der Waals surface area contributed by atoms with Crippen molar-refractivity contribution in [2.45, 2.75) is 51.1 Å². The van der Waals surface area contributed by atoms with Gasteiger partial charge in [-0.15, -0.1) is 0 Å². The fourth-order valence-corrected chi connectivity index (χ4v) is 6.83. The van der Waals surface area contributed by atoms with Crippen LogP contribution in [0, 0.1) is 13.8 Å². The molecule has 1 aromatic heterocycles. The Morgan fingerprint density at radius 3 is 2.53 bits per heavy atom. The van der Waals surface area contributed by atoms with Gasteiger partial charge in [0.25, 0.3) is 5.91 Å². The number of hydrogen-bond donors (Lipinski definition) is 0. The van der Waals surface area contributed by atoms with Gasteiger partial charge in [0.05, 0.1) is 21.7 Å². The highest BCUT2D eigenvalue weighted by Gasteiger charge is 2.39. The summed E-state index contributed by atoms with van der Waals surface area (Å²) in [4.78, 5) is 30.3. The van der Waals surface area contributed by atoms with Crippen molar-refractivity contribution >= 4 is 43.5 Å². The van der Waals surface area contributed by atoms with Crippen LogP contribution in [0.1, 0.15) is 30.9 Å². The lowest BCUT2D eigenvalue weighted by molar-refractivity contribution is -0.143. The summed E-state index contributed by atoms with van der Waals surface area (Å²) in [5.41, 5.74) is 2.76. The van der Waals surface area contributed by atoms with Crippen molar-refractivity contribution in [3.8, 4) is 0 Å². The van der Waals surface area contributed by atoms with E-state index >= 15 is 0 Å². The molecule has 1 aliphatic heterocycles. The predicted octanol–water partition coefficient (Wildman–Crippen LogP) is 3.16. The van der Waals surface area contributed by atoms with Gasteiger partial charge in [0.2, 0.25) is 10.0 Å². The minimum atomic E-state index is -3.83. The summed E-state index contributed by atoms with van der Waals surface area (Å²) in [5.74, 6) is -0.963. The second-order valence-electron chi connectivity index (χ2n) is 8.28. The SMILES string of the molecule is CCOC(=O)Cn1c(=NC(=O)C2CCCN2S(=O)(=O)c2ccc(C)cc2)sc2cc(C)ccc21. The molecule has 1 aliphatic rings. The second kappa shape index (κ2) is 9.81. The smallest absolute Gasteiger partial charge is 0.326 e. The molecule has 1 amide bonds. The van der Waals surface area contributed by atoms with E-state index in [0.717, 1.165) is 21.3 Å². The average Bonchev–Trinajstić information content (AvgIpc) is 3.40. The number of aromatic nitrogens is 1. The van der Waals surface area contributed by atoms with Crippen LogP contribution in [0.2, 0.25) is 0 Å². The molecule has 0 saturated carbocycles. The molecule has 0 spiro atoms. The van der Waals surface area contributed by atoms with Crippen LogP contribution in [0.25, 0.3) is 10.2 Å². The molecule has 1 saturated heterocycles. The molecule has 4 rings (SSSR count). The van der Waals surface area contributed by atoms with Gasteiger partial charge < -0.3 is 9.30 Å². The van der Waals surface area contributed by atoms with Crippen molar-refractivity contribution in [1.82, 2.24) is 8.87 Å². The number of thiazole rings is 1. The van der Waals surface area contributed by atoms with Crippen LogP contribution >= 0.6 is 11.3 Å². The Hall–Kier alpha value is -2.82. The highest BCUT2D eigenvalue weighted by Crippen LogP contribution is 2.27. The fraction of sp³-hybridized carbons (Fsp3) is 0.375. The quantitative estimate of drug-likeness (QED) is 0.483. The monoisotopic (exact) mass is 501 g/mol. The van der Waals surface area contributed by atoms with E-state index in [1.807, 2.05) is 32.0 Å². The standard InChI is InChI=1S/C24H27N3O5S2/c1-4-32-22(28)15-26-19-12-9-17(3)14-21(19)33-24(26)25-23(29)20-6-5-13-27(20)34(30,31)18-10-7-16(2)8-11-18/h7-12,14,20H,4-6,13,15H2,1-3H3. The van der Waals surface area contributed by atoms with Gasteiger partial charge in [-0.05, 0) is 63.4 Å². The minimum absolute atomic E-state index is 0.0843. The second-order valence-corrected chi connectivity index (χ2v) is 11.2. The molecule has 180 valence electrons. The Morgan fingerprint density at radius 1 is 1.12 bits per heavy atom. The molecule has 0 bridgehead atoms. The highest BCUT2D eigenvalue weighted by atomic mass is 32.2. The molecule has 1 unspecified atom stereocenters. The third-order valence-electron chi connectivity index (χ3n) is 5.75. The summed E-state index contributed by atoms with van der Waals surface area (Å²) in [7, 11) is -3.83. The molecule has 10 heteroatoms. The third-order valence-corrected chi connectivity index (χ3v) is 8.72. The Bertz CT molecular complexity index is 1400. The van der Waals surface area contributed by atoms with Crippen molar-refractivity contribution in [3.05, 3.63) is 58.4 Å². The molecule has 1 atom stereocenters. The van der Waals surface area contributed by atoms with Crippen LogP contribution in [0.5, 0.6) is 0 Å². The van der Waals surface area contributed by atoms with Crippen LogP contribution in [0.15, 0.2) is 52.4 Å². The molecule has 0 aliphatic carbocycles. The summed E-state index contributed by atoms with van der Waals surface area (Å²) >= 11 is 1.29. The van der Waals surface area contributed by atoms with E-state index in [-0.39, 0.29) is 24.6 Å². The van der Waals surface area contributed by atoms with Gasteiger partial charge in [-0.1, -0.05) is 35.1 Å². The lowest BCUT2D eigenvalue weighted by Gasteiger charge is -2.21. The van der Waals surface area contributed by atoms with Gasteiger partial charge >= 0.3 is 5.97 Å². The number of aryl methyl sites for hydroxylation is 2. The van der Waals surface area contributed by atoms with E-state index in [4.69, 9.17) is 4.74 Å². The maximum atomic E-state index is 13.3. The summed E-state index contributed by atoms with van der Waals surface area (Å²) in [6.45, 7) is 6.00. The van der Waals surface area contributed by atoms with Crippen LogP contribution in [-0.2, 0) is 30.9 Å². The number of amides is 1. The summed E-state index contributed by atoms with van der Waals surface area (Å²) in [6, 6.07) is 11.5. The van der Waals surface area contributed by atoms with E-state index in [2.05, 4.69) is 4.99 Å². The maximum Gasteiger partial charge on any atom is 0.326 e. The molecule has 3 aromatic rings. The summed E-state index contributed by atoms with van der Waals surface area (Å²) < 4.78 is 35.4. The van der Waals surface area contributed by atoms with E-state index in [1.165, 1.54) is 15.6 Å². The predicted molar refractivity (Wildman–Crippen MR) is 130 cm³/mol. The topological polar surface area (TPSA) is 98.0 Å². The van der Waals surface area contributed by atoms with Gasteiger partial charge in [-0.3, -0.25) is 9.59 Å². The van der Waals surface area contributed by atoms with Crippen molar-refractivity contribution in [1.29, 1.82) is 0 Å². The number of ether oxygens (including phenoxy) is 1. The molecule has 2 aromatic carbocycles. The first-order chi connectivity index (χ1) is 16.2. The van der Waals surface area contributed by atoms with Gasteiger partial charge in [0.1, 0.15) is 12.6 Å². The van der Waals surface area contributed by atoms with Gasteiger partial charge in [-0.2, -0.15) is 9.30 Å². The number of fused-ring (bicyclic) bond motifs is 1. The number of nitrogens with zero attached hydrogens (tertiary/aromatic N) is 3. The Balaban J connectivity index is 1.72. The van der Waals surface area contributed by atoms with Crippen molar-refractivity contribution in [3.63, 3.8) is 0 Å². The van der Waals surface area contributed by atoms with E-state index in [9.17, 15) is 18.0 Å². The molecule has 0 N–H and O–H groups in total. The molecule has 1 fully saturated rings. The largest absolute Gasteiger partial charge is 0.465 e. The van der Waals surface area contributed by atoms with Crippen molar-refractivity contribution in [2.24, 2.45) is 4.99 Å². The Labute approximate surface area is 202 Å². The van der Waals surface area contributed by atoms with Crippen LogP contribution in [0.4, 0.5) is 0 Å². The maximum absolute atomic E-state index is 13.3. The first-order valence-corrected chi connectivity index (χ1v) is 13.4. The average molecular weight is 502 g/mol. The molecular weight excluding hydrogens is 474 g/mol. The first-order valence-electron chi connectivity index (χ1n) is 11.1. The molecule has 8 nitrogen and oxygen atoms in total. The van der Waals surface area contributed by atoms with E-state index < -0.39 is 27.9 Å². The van der Waals surface area contributed by atoms with E-state index in [0.29, 0.717) is 17.6 Å². The van der Waals surface area contributed by atoms with Gasteiger partial charge in [0, 0.05) is 6.54 Å². The summed E-state index contributed by atoms with van der Waals surface area (Å²) in [6.07, 6.45) is 0.973. The molecule has 2 heterocycles. The van der Waals surface area contributed by atoms with Crippen molar-refractivity contribution in [2.75, 3.05) is 13.2 Å². The lowest BCUT2D eigenvalue weighted by Crippen LogP contribution is -2.40. The number of hydrogen-bond acceptors (Lipinski definition) is 6. The number of sulfonamides is 1. The number of carbonyl (C=O) groups excluding carboxylic acids is 2. The Morgan fingerprint density at radius 2 is 1.82 bits per heavy atom. The number of rotatable bonds is 6. The zero-order chi connectivity index (χ0) is 24.5. The van der Waals surface area contributed by atoms with Gasteiger partial charge in [-0.25, -0.2) is 8.42 Å². The lowest BCUT2D eigenvalue weighted by atomic mass is 10.2. The first kappa shape index (κ1) is 24.3. The van der Waals surface area contributed by atoms with Crippen LogP contribution < -0.4 is 4.80 Å². The Kier molecular flexibility index (Phi) is 7.01. The molecular formula is C24H27N3O5S2. The minimum Gasteiger partial charge on any atom is -0.465 e. The number of esters is 1. The highest BCUT2D eigenvalue weighted by molar-refractivity contribution is 7.89. The normalized spacial score (nSPS) is 17.4. The zero-order valence-electron chi connectivity index (χ0n) is 19.4. The summed E-state index contributed by atoms with van der Waals surface area (Å²) in [5, 5.41) is 0. The van der Waals surface area contributed by atoms with Gasteiger partial charge in [0.15, 0.2) is 4.80 Å². The van der Waals surface area contributed by atoms with Crippen molar-refractivity contribution < 1.29 is 22.7 Å². The third kappa shape index (κ3) is 4.84. The molecule has 0 radical (unpaired) electrons. The number of benzene rings is 2. The fourth-order valence-electron chi connectivity index (χ4n) is 4.04. The van der Waals surface area contributed by atoms with Crippen LogP contribution in [-0.4, -0.2) is 48.4 Å². The van der Waals surface area contributed by atoms with Crippen LogP contribution in [0.3, 0.4) is 0 Å². The molecule has 34 heavy (non-hydrogen) atoms. The van der Waals surface area contributed by atoms with E-state index in [1.54, 1.807) is 35.8 Å². The number of carbonyl (C=O) groups is 2. The zero-order valence-corrected chi connectivity index (χ0v) is 21.0.